The van der Waals surface area contributed by atoms with Crippen molar-refractivity contribution in [2.24, 2.45) is 0 Å². The highest BCUT2D eigenvalue weighted by Gasteiger charge is 2.23. The van der Waals surface area contributed by atoms with Gasteiger partial charge >= 0.3 is 6.09 Å². The average Bonchev–Trinajstić information content (AvgIpc) is 3.02. The molecule has 2 saturated heterocycles. The fourth-order valence-corrected chi connectivity index (χ4v) is 2.31. The second-order valence-corrected chi connectivity index (χ2v) is 6.78. The maximum absolute atomic E-state index is 11.4. The molecule has 2 aliphatic rings. The third-order valence-electron chi connectivity index (χ3n) is 3.52. The Morgan fingerprint density at radius 2 is 1.85 bits per heavy atom. The summed E-state index contributed by atoms with van der Waals surface area (Å²) in [5, 5.41) is 3.31. The van der Waals surface area contributed by atoms with Crippen LogP contribution >= 0.6 is 0 Å². The third-order valence-corrected chi connectivity index (χ3v) is 3.52. The Bertz CT molecular complexity index is 288. The van der Waals surface area contributed by atoms with E-state index in [1.54, 1.807) is 4.90 Å². The van der Waals surface area contributed by atoms with Gasteiger partial charge in [0.25, 0.3) is 0 Å². The SMILES string of the molecule is CC(C)(C)OC(=O)N1CCCC1.CN(C)C1CCNC1. The van der Waals surface area contributed by atoms with Crippen molar-refractivity contribution in [3.63, 3.8) is 0 Å². The highest BCUT2D eigenvalue weighted by Crippen LogP contribution is 2.14. The van der Waals surface area contributed by atoms with E-state index in [0.29, 0.717) is 0 Å². The van der Waals surface area contributed by atoms with Crippen LogP contribution in [0.4, 0.5) is 4.79 Å². The van der Waals surface area contributed by atoms with Gasteiger partial charge in [-0.25, -0.2) is 4.79 Å². The Hall–Kier alpha value is -0.810. The second-order valence-electron chi connectivity index (χ2n) is 6.78. The molecular weight excluding hydrogens is 254 g/mol. The molecule has 0 aliphatic carbocycles. The third kappa shape index (κ3) is 6.57. The number of rotatable bonds is 1. The lowest BCUT2D eigenvalue weighted by Crippen LogP contribution is -2.34. The van der Waals surface area contributed by atoms with E-state index >= 15 is 0 Å². The van der Waals surface area contributed by atoms with Gasteiger partial charge in [-0.15, -0.1) is 0 Å². The molecule has 0 saturated carbocycles. The van der Waals surface area contributed by atoms with Crippen LogP contribution in [0.15, 0.2) is 0 Å². The fourth-order valence-electron chi connectivity index (χ4n) is 2.31. The van der Waals surface area contributed by atoms with Crippen molar-refractivity contribution in [3.8, 4) is 0 Å². The molecule has 20 heavy (non-hydrogen) atoms. The number of amides is 1. The molecule has 2 aliphatic heterocycles. The number of hydrogen-bond acceptors (Lipinski definition) is 4. The maximum Gasteiger partial charge on any atom is 0.410 e. The highest BCUT2D eigenvalue weighted by atomic mass is 16.6. The fraction of sp³-hybridized carbons (Fsp3) is 0.933. The van der Waals surface area contributed by atoms with Crippen LogP contribution in [-0.4, -0.2) is 67.8 Å². The molecule has 1 amide bonds. The number of nitrogens with zero attached hydrogens (tertiary/aromatic N) is 2. The van der Waals surface area contributed by atoms with E-state index in [1.165, 1.54) is 19.5 Å². The minimum absolute atomic E-state index is 0.167. The van der Waals surface area contributed by atoms with E-state index in [0.717, 1.165) is 32.0 Å². The lowest BCUT2D eigenvalue weighted by atomic mass is 10.2. The molecule has 118 valence electrons. The molecule has 1 atom stereocenters. The zero-order valence-corrected chi connectivity index (χ0v) is 13.7. The molecule has 0 bridgehead atoms. The second kappa shape index (κ2) is 7.84. The first-order chi connectivity index (χ1) is 9.29. The number of carbonyl (C=O) groups is 1. The smallest absolute Gasteiger partial charge is 0.410 e. The van der Waals surface area contributed by atoms with E-state index < -0.39 is 0 Å². The summed E-state index contributed by atoms with van der Waals surface area (Å²) in [6, 6.07) is 0.787. The van der Waals surface area contributed by atoms with Gasteiger partial charge in [0.05, 0.1) is 0 Å². The first kappa shape index (κ1) is 17.2. The lowest BCUT2D eigenvalue weighted by molar-refractivity contribution is 0.0295. The number of nitrogens with one attached hydrogen (secondary N) is 1. The molecule has 2 rings (SSSR count). The number of likely N-dealkylation sites (N-methyl/N-ethyl adjacent to an activating group) is 1. The van der Waals surface area contributed by atoms with Crippen LogP contribution in [0.1, 0.15) is 40.0 Å². The van der Waals surface area contributed by atoms with E-state index in [4.69, 9.17) is 4.74 Å². The summed E-state index contributed by atoms with van der Waals surface area (Å²) >= 11 is 0. The Morgan fingerprint density at radius 3 is 2.20 bits per heavy atom. The molecule has 0 spiro atoms. The molecule has 5 heteroatoms. The minimum Gasteiger partial charge on any atom is -0.444 e. The van der Waals surface area contributed by atoms with E-state index in [-0.39, 0.29) is 11.7 Å². The Balaban J connectivity index is 0.000000217. The standard InChI is InChI=1S/C9H17NO2.C6H14N2/c1-9(2,3)12-8(11)10-6-4-5-7-10;1-8(2)6-3-4-7-5-6/h4-7H2,1-3H3;6-7H,3-5H2,1-2H3. The molecule has 2 heterocycles. The number of hydrogen-bond donors (Lipinski definition) is 1. The van der Waals surface area contributed by atoms with Gasteiger partial charge in [-0.3, -0.25) is 0 Å². The van der Waals surface area contributed by atoms with Gasteiger partial charge < -0.3 is 19.9 Å². The van der Waals surface area contributed by atoms with Crippen molar-refractivity contribution in [1.82, 2.24) is 15.1 Å². The van der Waals surface area contributed by atoms with Gasteiger partial charge in [0.1, 0.15) is 5.60 Å². The maximum atomic E-state index is 11.4. The molecule has 1 N–H and O–H groups in total. The van der Waals surface area contributed by atoms with Crippen molar-refractivity contribution in [1.29, 1.82) is 0 Å². The highest BCUT2D eigenvalue weighted by molar-refractivity contribution is 5.68. The first-order valence-electron chi connectivity index (χ1n) is 7.64. The lowest BCUT2D eigenvalue weighted by Gasteiger charge is -2.23. The largest absolute Gasteiger partial charge is 0.444 e. The van der Waals surface area contributed by atoms with Gasteiger partial charge in [-0.2, -0.15) is 0 Å². The zero-order valence-electron chi connectivity index (χ0n) is 13.7. The molecule has 5 nitrogen and oxygen atoms in total. The average molecular weight is 285 g/mol. The first-order valence-corrected chi connectivity index (χ1v) is 7.64. The zero-order chi connectivity index (χ0) is 15.2. The van der Waals surface area contributed by atoms with Crippen LogP contribution in [0.3, 0.4) is 0 Å². The summed E-state index contributed by atoms with van der Waals surface area (Å²) in [5.41, 5.74) is -0.361. The Morgan fingerprint density at radius 1 is 1.25 bits per heavy atom. The Labute approximate surface area is 123 Å². The van der Waals surface area contributed by atoms with Crippen molar-refractivity contribution in [3.05, 3.63) is 0 Å². The van der Waals surface area contributed by atoms with Gasteiger partial charge in [0.15, 0.2) is 0 Å². The number of ether oxygens (including phenoxy) is 1. The molecular formula is C15H31N3O2. The summed E-state index contributed by atoms with van der Waals surface area (Å²) in [6.07, 6.45) is 3.37. The monoisotopic (exact) mass is 285 g/mol. The molecule has 1 unspecified atom stereocenters. The van der Waals surface area contributed by atoms with Crippen molar-refractivity contribution >= 4 is 6.09 Å². The van der Waals surface area contributed by atoms with Crippen LogP contribution in [0.2, 0.25) is 0 Å². The van der Waals surface area contributed by atoms with Gasteiger partial charge in [-0.05, 0) is 60.7 Å². The topological polar surface area (TPSA) is 44.8 Å². The van der Waals surface area contributed by atoms with E-state index in [9.17, 15) is 4.79 Å². The molecule has 0 radical (unpaired) electrons. The summed E-state index contributed by atoms with van der Waals surface area (Å²) in [6.45, 7) is 9.75. The summed E-state index contributed by atoms with van der Waals surface area (Å²) in [5.74, 6) is 0. The number of likely N-dealkylation sites (tertiary alicyclic amines) is 1. The van der Waals surface area contributed by atoms with Crippen molar-refractivity contribution < 1.29 is 9.53 Å². The minimum atomic E-state index is -0.361. The predicted molar refractivity (Wildman–Crippen MR) is 82.0 cm³/mol. The van der Waals surface area contributed by atoms with Crippen LogP contribution in [0, 0.1) is 0 Å². The van der Waals surface area contributed by atoms with Crippen LogP contribution in [0.25, 0.3) is 0 Å². The van der Waals surface area contributed by atoms with Crippen LogP contribution in [0.5, 0.6) is 0 Å². The van der Waals surface area contributed by atoms with Crippen LogP contribution in [-0.2, 0) is 4.74 Å². The quantitative estimate of drug-likeness (QED) is 0.799. The molecule has 0 aromatic rings. The summed E-state index contributed by atoms with van der Waals surface area (Å²) in [7, 11) is 4.27. The molecule has 2 fully saturated rings. The Kier molecular flexibility index (Phi) is 6.76. The van der Waals surface area contributed by atoms with Gasteiger partial charge in [0.2, 0.25) is 0 Å². The van der Waals surface area contributed by atoms with Crippen LogP contribution < -0.4 is 5.32 Å². The molecule has 0 aromatic carbocycles. The summed E-state index contributed by atoms with van der Waals surface area (Å²) < 4.78 is 5.21. The normalized spacial score (nSPS) is 22.7. The molecule has 0 aromatic heterocycles. The predicted octanol–water partition coefficient (Wildman–Crippen LogP) is 1.93. The van der Waals surface area contributed by atoms with Gasteiger partial charge in [0, 0.05) is 25.7 Å². The summed E-state index contributed by atoms with van der Waals surface area (Å²) in [4.78, 5) is 15.4. The van der Waals surface area contributed by atoms with E-state index in [1.807, 2.05) is 20.8 Å². The van der Waals surface area contributed by atoms with Crippen molar-refractivity contribution in [2.75, 3.05) is 40.3 Å². The van der Waals surface area contributed by atoms with Gasteiger partial charge in [-0.1, -0.05) is 0 Å². The number of carbonyl (C=O) groups excluding carboxylic acids is 1. The van der Waals surface area contributed by atoms with E-state index in [2.05, 4.69) is 24.3 Å². The van der Waals surface area contributed by atoms with Crippen molar-refractivity contribution in [2.45, 2.75) is 51.7 Å².